The van der Waals surface area contributed by atoms with Crippen LogP contribution in [0.25, 0.3) is 12.2 Å². The summed E-state index contributed by atoms with van der Waals surface area (Å²) < 4.78 is 39.6. The summed E-state index contributed by atoms with van der Waals surface area (Å²) in [5, 5.41) is 2.95. The monoisotopic (exact) mass is 464 g/mol. The third kappa shape index (κ3) is 5.32. The van der Waals surface area contributed by atoms with Crippen molar-refractivity contribution in [1.29, 1.82) is 0 Å². The summed E-state index contributed by atoms with van der Waals surface area (Å²) in [6, 6.07) is 15.7. The maximum absolute atomic E-state index is 13.2. The van der Waals surface area contributed by atoms with E-state index in [9.17, 15) is 8.42 Å². The lowest BCUT2D eigenvalue weighted by atomic mass is 10.2. The maximum Gasteiger partial charge on any atom is 0.233 e. The fraction of sp³-hybridized carbons (Fsp3) is 0.167. The van der Waals surface area contributed by atoms with Crippen LogP contribution in [0.1, 0.15) is 17.9 Å². The number of rotatable bonds is 10. The van der Waals surface area contributed by atoms with E-state index in [-0.39, 0.29) is 21.7 Å². The molecule has 0 saturated carbocycles. The molecule has 0 aliphatic heterocycles. The lowest BCUT2D eigenvalue weighted by molar-refractivity contribution is 0.414. The zero-order chi connectivity index (χ0) is 23.1. The Morgan fingerprint density at radius 3 is 2.64 bits per heavy atom. The summed E-state index contributed by atoms with van der Waals surface area (Å²) >= 11 is 0. The van der Waals surface area contributed by atoms with Crippen LogP contribution in [0.5, 0.6) is 5.75 Å². The van der Waals surface area contributed by atoms with Crippen LogP contribution >= 0.6 is 0 Å². The van der Waals surface area contributed by atoms with E-state index >= 15 is 0 Å². The molecule has 0 amide bonds. The number of hydrogen-bond acceptors (Lipinski definition) is 7. The lowest BCUT2D eigenvalue weighted by Crippen LogP contribution is -2.09. The number of sulfone groups is 1. The zero-order valence-corrected chi connectivity index (χ0v) is 18.9. The number of anilines is 1. The van der Waals surface area contributed by atoms with Crippen molar-refractivity contribution in [2.24, 2.45) is 0 Å². The number of nitrogens with one attached hydrogen (secondary N) is 1. The van der Waals surface area contributed by atoms with Gasteiger partial charge in [-0.15, -0.1) is 0 Å². The molecule has 0 spiro atoms. The molecule has 4 rings (SSSR count). The fourth-order valence-electron chi connectivity index (χ4n) is 3.25. The van der Waals surface area contributed by atoms with E-state index < -0.39 is 9.84 Å². The maximum atomic E-state index is 13.2. The second-order valence-corrected chi connectivity index (χ2v) is 9.02. The van der Waals surface area contributed by atoms with E-state index in [2.05, 4.69) is 15.3 Å². The summed E-state index contributed by atoms with van der Waals surface area (Å²) in [5.74, 6) is 0.979. The highest BCUT2D eigenvalue weighted by Gasteiger charge is 2.27. The molecular formula is C24H24N4O4S. The molecule has 0 aliphatic carbocycles. The zero-order valence-electron chi connectivity index (χ0n) is 18.1. The molecule has 0 saturated heterocycles. The van der Waals surface area contributed by atoms with Gasteiger partial charge in [0, 0.05) is 37.1 Å². The Bertz CT molecular complexity index is 1310. The van der Waals surface area contributed by atoms with Gasteiger partial charge in [-0.05, 0) is 30.7 Å². The molecule has 0 bridgehead atoms. The Morgan fingerprint density at radius 2 is 1.88 bits per heavy atom. The Balaban J connectivity index is 1.60. The highest BCUT2D eigenvalue weighted by Crippen LogP contribution is 2.29. The smallest absolute Gasteiger partial charge is 0.233 e. The van der Waals surface area contributed by atoms with Crippen LogP contribution in [-0.4, -0.2) is 36.6 Å². The van der Waals surface area contributed by atoms with Crippen molar-refractivity contribution in [3.05, 3.63) is 84.8 Å². The topological polar surface area (TPSA) is 99.2 Å². The summed E-state index contributed by atoms with van der Waals surface area (Å²) in [7, 11) is -2.27. The summed E-state index contributed by atoms with van der Waals surface area (Å²) in [5.41, 5.74) is 0.820. The van der Waals surface area contributed by atoms with Crippen LogP contribution in [0, 0.1) is 0 Å². The Kier molecular flexibility index (Phi) is 6.89. The van der Waals surface area contributed by atoms with E-state index in [4.69, 9.17) is 9.15 Å². The molecule has 0 unspecified atom stereocenters. The summed E-state index contributed by atoms with van der Waals surface area (Å²) in [6.07, 6.45) is 9.47. The van der Waals surface area contributed by atoms with E-state index in [1.54, 1.807) is 50.0 Å². The first-order valence-corrected chi connectivity index (χ1v) is 11.9. The number of methoxy groups -OCH3 is 1. The van der Waals surface area contributed by atoms with E-state index in [0.717, 1.165) is 18.5 Å². The molecule has 33 heavy (non-hydrogen) atoms. The van der Waals surface area contributed by atoms with Gasteiger partial charge >= 0.3 is 0 Å². The minimum atomic E-state index is -3.87. The Labute approximate surface area is 192 Å². The number of aryl methyl sites for hydroxylation is 1. The van der Waals surface area contributed by atoms with E-state index in [1.165, 1.54) is 12.1 Å². The van der Waals surface area contributed by atoms with Gasteiger partial charge in [-0.2, -0.15) is 4.98 Å². The average Bonchev–Trinajstić information content (AvgIpc) is 3.51. The first-order chi connectivity index (χ1) is 16.1. The quantitative estimate of drug-likeness (QED) is 0.348. The number of ether oxygens (including phenoxy) is 1. The second-order valence-electron chi connectivity index (χ2n) is 7.16. The van der Waals surface area contributed by atoms with Crippen LogP contribution in [0.4, 0.5) is 5.88 Å². The molecule has 0 radical (unpaired) electrons. The predicted molar refractivity (Wildman–Crippen MR) is 126 cm³/mol. The molecule has 2 heterocycles. The van der Waals surface area contributed by atoms with Gasteiger partial charge in [0.25, 0.3) is 0 Å². The molecule has 0 aliphatic rings. The van der Waals surface area contributed by atoms with Crippen molar-refractivity contribution in [3.63, 3.8) is 0 Å². The highest BCUT2D eigenvalue weighted by molar-refractivity contribution is 7.91. The number of nitrogens with zero attached hydrogens (tertiary/aromatic N) is 3. The molecule has 1 N–H and O–H groups in total. The van der Waals surface area contributed by atoms with Crippen LogP contribution in [0.3, 0.4) is 0 Å². The SMILES string of the molecule is COc1ccccc1C=Cc1nc(S(=O)(=O)c2ccccc2)c(NCCCn2ccnc2)o1. The summed E-state index contributed by atoms with van der Waals surface area (Å²) in [6.45, 7) is 1.24. The van der Waals surface area contributed by atoms with Crippen molar-refractivity contribution in [1.82, 2.24) is 14.5 Å². The number of oxazole rings is 1. The number of para-hydroxylation sites is 1. The standard InChI is InChI=1S/C24H24N4O4S/c1-31-21-11-6-5-8-19(21)12-13-22-27-24(33(29,30)20-9-3-2-4-10-20)23(32-22)26-14-7-16-28-17-15-25-18-28/h2-6,8-13,15,17-18,26H,7,14,16H2,1H3. The predicted octanol–water partition coefficient (Wildman–Crippen LogP) is 4.39. The number of benzene rings is 2. The van der Waals surface area contributed by atoms with Crippen molar-refractivity contribution >= 4 is 27.9 Å². The molecule has 8 nitrogen and oxygen atoms in total. The third-order valence-electron chi connectivity index (χ3n) is 4.90. The number of hydrogen-bond donors (Lipinski definition) is 1. The van der Waals surface area contributed by atoms with Crippen LogP contribution < -0.4 is 10.1 Å². The van der Waals surface area contributed by atoms with E-state index in [0.29, 0.717) is 12.3 Å². The van der Waals surface area contributed by atoms with Gasteiger partial charge in [-0.25, -0.2) is 13.4 Å². The fourth-order valence-corrected chi connectivity index (χ4v) is 4.55. The first kappa shape index (κ1) is 22.3. The van der Waals surface area contributed by atoms with Crippen molar-refractivity contribution in [2.45, 2.75) is 22.9 Å². The highest BCUT2D eigenvalue weighted by atomic mass is 32.2. The van der Waals surface area contributed by atoms with Gasteiger partial charge in [-0.3, -0.25) is 0 Å². The Morgan fingerprint density at radius 1 is 1.09 bits per heavy atom. The van der Waals surface area contributed by atoms with Crippen LogP contribution in [0.15, 0.2) is 87.7 Å². The summed E-state index contributed by atoms with van der Waals surface area (Å²) in [4.78, 5) is 8.47. The normalized spacial score (nSPS) is 11.7. The second kappa shape index (κ2) is 10.2. The van der Waals surface area contributed by atoms with Gasteiger partial charge < -0.3 is 19.0 Å². The van der Waals surface area contributed by atoms with Gasteiger partial charge in [0.05, 0.1) is 18.3 Å². The van der Waals surface area contributed by atoms with Gasteiger partial charge in [0.15, 0.2) is 0 Å². The van der Waals surface area contributed by atoms with E-state index in [1.807, 2.05) is 35.0 Å². The first-order valence-electron chi connectivity index (χ1n) is 10.4. The van der Waals surface area contributed by atoms with Gasteiger partial charge in [-0.1, -0.05) is 36.4 Å². The van der Waals surface area contributed by atoms with Crippen LogP contribution in [0.2, 0.25) is 0 Å². The molecule has 170 valence electrons. The largest absolute Gasteiger partial charge is 0.496 e. The molecule has 4 aromatic rings. The third-order valence-corrected chi connectivity index (χ3v) is 6.58. The Hall–Kier alpha value is -3.85. The molecule has 0 atom stereocenters. The molecule has 0 fully saturated rings. The minimum absolute atomic E-state index is 0.115. The van der Waals surface area contributed by atoms with Crippen molar-refractivity contribution < 1.29 is 17.6 Å². The molecular weight excluding hydrogens is 440 g/mol. The average molecular weight is 465 g/mol. The van der Waals surface area contributed by atoms with Crippen molar-refractivity contribution in [3.8, 4) is 5.75 Å². The number of aromatic nitrogens is 3. The van der Waals surface area contributed by atoms with Gasteiger partial charge in [0.2, 0.25) is 26.6 Å². The lowest BCUT2D eigenvalue weighted by Gasteiger charge is -2.06. The van der Waals surface area contributed by atoms with Crippen molar-refractivity contribution in [2.75, 3.05) is 19.0 Å². The number of imidazole rings is 1. The van der Waals surface area contributed by atoms with Crippen LogP contribution in [-0.2, 0) is 16.4 Å². The molecule has 9 heteroatoms. The molecule has 2 aromatic carbocycles. The molecule has 2 aromatic heterocycles. The minimum Gasteiger partial charge on any atom is -0.496 e. The van der Waals surface area contributed by atoms with Gasteiger partial charge in [0.1, 0.15) is 5.75 Å².